The van der Waals surface area contributed by atoms with Gasteiger partial charge in [-0.15, -0.1) is 6.58 Å². The van der Waals surface area contributed by atoms with Crippen LogP contribution in [-0.4, -0.2) is 25.1 Å². The molecule has 1 heterocycles. The second kappa shape index (κ2) is 7.56. The molecule has 1 saturated heterocycles. The summed E-state index contributed by atoms with van der Waals surface area (Å²) >= 11 is 0. The van der Waals surface area contributed by atoms with E-state index < -0.39 is 11.9 Å². The van der Waals surface area contributed by atoms with E-state index in [2.05, 4.69) is 6.58 Å². The normalized spacial score (nSPS) is 27.5. The first kappa shape index (κ1) is 16.7. The maximum atomic E-state index is 10.4. The zero-order chi connectivity index (χ0) is 16.0. The highest BCUT2D eigenvalue weighted by atomic mass is 16.7. The van der Waals surface area contributed by atoms with Gasteiger partial charge < -0.3 is 19.0 Å². The smallest absolute Gasteiger partial charge is 0.185 e. The summed E-state index contributed by atoms with van der Waals surface area (Å²) in [5.41, 5.74) is 0.555. The molecule has 1 aliphatic rings. The van der Waals surface area contributed by atoms with Crippen LogP contribution in [0.5, 0.6) is 5.75 Å². The zero-order valence-electron chi connectivity index (χ0n) is 13.3. The van der Waals surface area contributed by atoms with Gasteiger partial charge in [-0.2, -0.15) is 0 Å². The average molecular weight is 304 g/mol. The van der Waals surface area contributed by atoms with E-state index in [1.54, 1.807) is 13.2 Å². The summed E-state index contributed by atoms with van der Waals surface area (Å²) in [5.74, 6) is 0.804. The second-order valence-electron chi connectivity index (χ2n) is 5.74. The number of carbonyl (C=O) groups is 1. The molecular weight excluding hydrogens is 280 g/mol. The highest BCUT2D eigenvalue weighted by molar-refractivity contribution is 5.48. The number of aldehydes is 1. The fourth-order valence-electron chi connectivity index (χ4n) is 2.73. The van der Waals surface area contributed by atoms with Crippen LogP contribution < -0.4 is 4.74 Å². The molecule has 4 nitrogen and oxygen atoms in total. The van der Waals surface area contributed by atoms with Gasteiger partial charge in [0.15, 0.2) is 6.29 Å². The third-order valence-electron chi connectivity index (χ3n) is 4.10. The van der Waals surface area contributed by atoms with Crippen molar-refractivity contribution in [3.63, 3.8) is 0 Å². The van der Waals surface area contributed by atoms with Crippen molar-refractivity contribution >= 4 is 6.29 Å². The Morgan fingerprint density at radius 1 is 1.32 bits per heavy atom. The zero-order valence-corrected chi connectivity index (χ0v) is 13.3. The predicted octanol–water partition coefficient (Wildman–Crippen LogP) is 3.81. The van der Waals surface area contributed by atoms with E-state index in [0.717, 1.165) is 36.9 Å². The lowest BCUT2D eigenvalue weighted by molar-refractivity contribution is -0.108. The molecule has 2 rings (SSSR count). The number of rotatable bonds is 8. The predicted molar refractivity (Wildman–Crippen MR) is 84.8 cm³/mol. The minimum absolute atomic E-state index is 0.157. The Kier molecular flexibility index (Phi) is 5.75. The lowest BCUT2D eigenvalue weighted by Crippen LogP contribution is -2.35. The summed E-state index contributed by atoms with van der Waals surface area (Å²) in [4.78, 5) is 10.4. The van der Waals surface area contributed by atoms with Crippen LogP contribution in [0.15, 0.2) is 36.9 Å². The van der Waals surface area contributed by atoms with E-state index in [0.29, 0.717) is 6.42 Å². The lowest BCUT2D eigenvalue weighted by atomic mass is 9.92. The van der Waals surface area contributed by atoms with Crippen LogP contribution in [0.1, 0.15) is 44.5 Å². The van der Waals surface area contributed by atoms with Crippen LogP contribution in [0.25, 0.3) is 0 Å². The van der Waals surface area contributed by atoms with E-state index >= 15 is 0 Å². The Hall–Kier alpha value is -1.65. The Bertz CT molecular complexity index is 496. The van der Waals surface area contributed by atoms with Crippen molar-refractivity contribution < 1.29 is 19.0 Å². The molecule has 120 valence electrons. The van der Waals surface area contributed by atoms with Crippen LogP contribution in [0.2, 0.25) is 0 Å². The number of benzene rings is 1. The van der Waals surface area contributed by atoms with Crippen molar-refractivity contribution in [1.29, 1.82) is 0 Å². The molecule has 22 heavy (non-hydrogen) atoms. The van der Waals surface area contributed by atoms with Gasteiger partial charge in [-0.3, -0.25) is 0 Å². The van der Waals surface area contributed by atoms with Gasteiger partial charge in [-0.05, 0) is 31.9 Å². The lowest BCUT2D eigenvalue weighted by Gasteiger charge is -2.26. The molecule has 0 saturated carbocycles. The number of ether oxygens (including phenoxy) is 3. The van der Waals surface area contributed by atoms with E-state index in [-0.39, 0.29) is 6.10 Å². The summed E-state index contributed by atoms with van der Waals surface area (Å²) in [5, 5.41) is 0. The van der Waals surface area contributed by atoms with Gasteiger partial charge in [0.2, 0.25) is 0 Å². The minimum Gasteiger partial charge on any atom is -0.497 e. The molecule has 1 unspecified atom stereocenters. The van der Waals surface area contributed by atoms with E-state index in [1.807, 2.05) is 31.2 Å². The molecule has 0 spiro atoms. The van der Waals surface area contributed by atoms with Crippen LogP contribution in [-0.2, 0) is 14.3 Å². The van der Waals surface area contributed by atoms with Crippen molar-refractivity contribution in [2.45, 2.75) is 50.6 Å². The first-order chi connectivity index (χ1) is 10.6. The molecule has 0 aliphatic carbocycles. The topological polar surface area (TPSA) is 44.8 Å². The molecule has 3 atom stereocenters. The maximum Gasteiger partial charge on any atom is 0.185 e. The minimum atomic E-state index is -0.408. The van der Waals surface area contributed by atoms with Gasteiger partial charge in [-0.25, -0.2) is 0 Å². The van der Waals surface area contributed by atoms with Gasteiger partial charge in [0.1, 0.15) is 18.1 Å². The largest absolute Gasteiger partial charge is 0.497 e. The molecule has 1 aliphatic heterocycles. The highest BCUT2D eigenvalue weighted by Crippen LogP contribution is 2.41. The number of methoxy groups -OCH3 is 1. The molecule has 1 fully saturated rings. The Labute approximate surface area is 132 Å². The fourth-order valence-corrected chi connectivity index (χ4v) is 2.73. The number of carbonyl (C=O) groups excluding carboxylic acids is 1. The van der Waals surface area contributed by atoms with Gasteiger partial charge in [-0.1, -0.05) is 24.6 Å². The van der Waals surface area contributed by atoms with Gasteiger partial charge in [0.25, 0.3) is 0 Å². The average Bonchev–Trinajstić information content (AvgIpc) is 2.89. The first-order valence-corrected chi connectivity index (χ1v) is 7.66. The summed E-state index contributed by atoms with van der Waals surface area (Å²) < 4.78 is 17.3. The van der Waals surface area contributed by atoms with Crippen molar-refractivity contribution in [3.8, 4) is 5.75 Å². The number of unbranched alkanes of at least 4 members (excludes halogenated alkanes) is 2. The fraction of sp³-hybridized carbons (Fsp3) is 0.500. The van der Waals surface area contributed by atoms with E-state index in [1.165, 1.54) is 0 Å². The number of hydrogen-bond acceptors (Lipinski definition) is 4. The van der Waals surface area contributed by atoms with Crippen LogP contribution in [0.3, 0.4) is 0 Å². The summed E-state index contributed by atoms with van der Waals surface area (Å²) in [7, 11) is 1.64. The number of hydrogen-bond donors (Lipinski definition) is 0. The molecule has 0 aromatic heterocycles. The summed E-state index contributed by atoms with van der Waals surface area (Å²) in [6.45, 7) is 5.90. The molecule has 1 aromatic carbocycles. The highest BCUT2D eigenvalue weighted by Gasteiger charge is 2.44. The summed E-state index contributed by atoms with van der Waals surface area (Å²) in [6, 6.07) is 7.68. The Morgan fingerprint density at radius 2 is 2.05 bits per heavy atom. The third kappa shape index (κ3) is 3.76. The van der Waals surface area contributed by atoms with Crippen molar-refractivity contribution in [2.75, 3.05) is 7.11 Å². The van der Waals surface area contributed by atoms with E-state index in [9.17, 15) is 4.79 Å². The molecule has 1 aromatic rings. The van der Waals surface area contributed by atoms with Crippen molar-refractivity contribution in [1.82, 2.24) is 0 Å². The van der Waals surface area contributed by atoms with E-state index in [4.69, 9.17) is 14.2 Å². The van der Waals surface area contributed by atoms with Crippen LogP contribution in [0.4, 0.5) is 0 Å². The Balaban J connectivity index is 2.03. The SMILES string of the molecule is C=C[C@@H]1OC(c2ccc(OC)cc2)O[C@]1(C)CCCCC=O. The first-order valence-electron chi connectivity index (χ1n) is 7.66. The molecule has 0 amide bonds. The monoisotopic (exact) mass is 304 g/mol. The molecule has 4 heteroatoms. The quantitative estimate of drug-likeness (QED) is 0.416. The molecule has 0 N–H and O–H groups in total. The standard InChI is InChI=1S/C18H24O4/c1-4-16-18(2,12-6-5-7-13-19)22-17(21-16)14-8-10-15(20-3)11-9-14/h4,8-11,13,16-17H,1,5-7,12H2,2-3H3/t16-,17?,18+/m0/s1. The van der Waals surface area contributed by atoms with Crippen LogP contribution >= 0.6 is 0 Å². The second-order valence-corrected chi connectivity index (χ2v) is 5.74. The molecular formula is C18H24O4. The van der Waals surface area contributed by atoms with Gasteiger partial charge in [0.05, 0.1) is 12.7 Å². The Morgan fingerprint density at radius 3 is 2.64 bits per heavy atom. The van der Waals surface area contributed by atoms with Crippen molar-refractivity contribution in [3.05, 3.63) is 42.5 Å². The maximum absolute atomic E-state index is 10.4. The molecule has 0 bridgehead atoms. The van der Waals surface area contributed by atoms with Crippen LogP contribution in [0, 0.1) is 0 Å². The van der Waals surface area contributed by atoms with Gasteiger partial charge in [0, 0.05) is 12.0 Å². The van der Waals surface area contributed by atoms with Gasteiger partial charge >= 0.3 is 0 Å². The molecule has 0 radical (unpaired) electrons. The third-order valence-corrected chi connectivity index (χ3v) is 4.10. The summed E-state index contributed by atoms with van der Waals surface area (Å²) in [6.07, 6.45) is 5.43. The van der Waals surface area contributed by atoms with Crippen molar-refractivity contribution in [2.24, 2.45) is 0 Å².